The molecule has 94 valence electrons. The predicted octanol–water partition coefficient (Wildman–Crippen LogP) is 1.67. The van der Waals surface area contributed by atoms with Gasteiger partial charge in [0.05, 0.1) is 6.54 Å². The van der Waals surface area contributed by atoms with Crippen LogP contribution in [0.25, 0.3) is 0 Å². The Kier molecular flexibility index (Phi) is 5.70. The predicted molar refractivity (Wildman–Crippen MR) is 70.6 cm³/mol. The molecule has 3 nitrogen and oxygen atoms in total. The Hall–Kier alpha value is -1.35. The van der Waals surface area contributed by atoms with Crippen molar-refractivity contribution in [3.8, 4) is 0 Å². The summed E-state index contributed by atoms with van der Waals surface area (Å²) in [4.78, 5) is 13.5. The van der Waals surface area contributed by atoms with Crippen molar-refractivity contribution in [1.82, 2.24) is 4.90 Å². The minimum atomic E-state index is 0.0367. The van der Waals surface area contributed by atoms with Crippen LogP contribution in [-0.2, 0) is 11.2 Å². The van der Waals surface area contributed by atoms with E-state index < -0.39 is 0 Å². The molecule has 0 aliphatic heterocycles. The average molecular weight is 234 g/mol. The van der Waals surface area contributed by atoms with E-state index in [0.29, 0.717) is 5.92 Å². The summed E-state index contributed by atoms with van der Waals surface area (Å²) in [5.41, 5.74) is 6.68. The highest BCUT2D eigenvalue weighted by atomic mass is 16.2. The van der Waals surface area contributed by atoms with Crippen molar-refractivity contribution in [3.63, 3.8) is 0 Å². The molecule has 0 aliphatic rings. The molecular weight excluding hydrogens is 212 g/mol. The molecular formula is C14H22N2O. The molecule has 0 saturated carbocycles. The van der Waals surface area contributed by atoms with Crippen LogP contribution in [0.1, 0.15) is 19.4 Å². The second kappa shape index (κ2) is 7.07. The molecule has 0 radical (unpaired) electrons. The first-order chi connectivity index (χ1) is 8.13. The van der Waals surface area contributed by atoms with Crippen LogP contribution in [0.4, 0.5) is 0 Å². The molecule has 3 heteroatoms. The van der Waals surface area contributed by atoms with E-state index in [1.54, 1.807) is 0 Å². The summed E-state index contributed by atoms with van der Waals surface area (Å²) in [6.45, 7) is 5.85. The summed E-state index contributed by atoms with van der Waals surface area (Å²) in [6, 6.07) is 10.2. The summed E-state index contributed by atoms with van der Waals surface area (Å²) in [5.74, 6) is 0.510. The van der Waals surface area contributed by atoms with Crippen molar-refractivity contribution in [3.05, 3.63) is 35.9 Å². The topological polar surface area (TPSA) is 46.3 Å². The molecule has 0 heterocycles. The largest absolute Gasteiger partial charge is 0.341 e. The summed E-state index contributed by atoms with van der Waals surface area (Å²) >= 11 is 0. The van der Waals surface area contributed by atoms with Gasteiger partial charge in [-0.05, 0) is 17.9 Å². The molecule has 1 rings (SSSR count). The van der Waals surface area contributed by atoms with E-state index in [9.17, 15) is 4.79 Å². The van der Waals surface area contributed by atoms with Crippen LogP contribution >= 0.6 is 0 Å². The van der Waals surface area contributed by atoms with E-state index in [2.05, 4.69) is 26.0 Å². The Morgan fingerprint density at radius 2 is 1.94 bits per heavy atom. The molecule has 2 N–H and O–H groups in total. The highest BCUT2D eigenvalue weighted by molar-refractivity contribution is 5.78. The van der Waals surface area contributed by atoms with Crippen molar-refractivity contribution < 1.29 is 4.79 Å². The second-order valence-corrected chi connectivity index (χ2v) is 4.67. The first-order valence-electron chi connectivity index (χ1n) is 6.15. The van der Waals surface area contributed by atoms with Crippen LogP contribution in [0.15, 0.2) is 30.3 Å². The van der Waals surface area contributed by atoms with Gasteiger partial charge in [0.1, 0.15) is 0 Å². The van der Waals surface area contributed by atoms with Gasteiger partial charge in [0.2, 0.25) is 5.91 Å². The fourth-order valence-corrected chi connectivity index (χ4v) is 1.80. The zero-order chi connectivity index (χ0) is 12.7. The molecule has 0 aliphatic carbocycles. The third-order valence-corrected chi connectivity index (χ3v) is 2.63. The van der Waals surface area contributed by atoms with Gasteiger partial charge in [-0.2, -0.15) is 0 Å². The molecule has 0 aromatic heterocycles. The van der Waals surface area contributed by atoms with Gasteiger partial charge < -0.3 is 10.6 Å². The molecule has 17 heavy (non-hydrogen) atoms. The van der Waals surface area contributed by atoms with Gasteiger partial charge in [0, 0.05) is 13.1 Å². The molecule has 0 unspecified atom stereocenters. The fourth-order valence-electron chi connectivity index (χ4n) is 1.80. The van der Waals surface area contributed by atoms with Gasteiger partial charge in [0.15, 0.2) is 0 Å². The maximum absolute atomic E-state index is 11.7. The standard InChI is InChI=1S/C14H22N2O/c1-12(2)11-16(14(17)10-15)9-8-13-6-4-3-5-7-13/h3-7,12H,8-11,15H2,1-2H3. The molecule has 1 aromatic rings. The Balaban J connectivity index is 2.52. The number of nitrogens with zero attached hydrogens (tertiary/aromatic N) is 1. The normalized spacial score (nSPS) is 10.6. The second-order valence-electron chi connectivity index (χ2n) is 4.67. The Bertz CT molecular complexity index is 335. The number of hydrogen-bond acceptors (Lipinski definition) is 2. The van der Waals surface area contributed by atoms with Crippen molar-refractivity contribution >= 4 is 5.91 Å². The van der Waals surface area contributed by atoms with E-state index in [-0.39, 0.29) is 12.5 Å². The Morgan fingerprint density at radius 1 is 1.29 bits per heavy atom. The van der Waals surface area contributed by atoms with Crippen molar-refractivity contribution in [1.29, 1.82) is 0 Å². The number of nitrogens with two attached hydrogens (primary N) is 1. The van der Waals surface area contributed by atoms with E-state index in [4.69, 9.17) is 5.73 Å². The number of carbonyl (C=O) groups excluding carboxylic acids is 1. The van der Waals surface area contributed by atoms with Gasteiger partial charge in [-0.15, -0.1) is 0 Å². The minimum absolute atomic E-state index is 0.0367. The number of amides is 1. The number of hydrogen-bond donors (Lipinski definition) is 1. The quantitative estimate of drug-likeness (QED) is 0.814. The van der Waals surface area contributed by atoms with Crippen molar-refractivity contribution in [2.75, 3.05) is 19.6 Å². The smallest absolute Gasteiger partial charge is 0.236 e. The molecule has 0 fully saturated rings. The van der Waals surface area contributed by atoms with Gasteiger partial charge >= 0.3 is 0 Å². The summed E-state index contributed by atoms with van der Waals surface area (Å²) in [7, 11) is 0. The number of benzene rings is 1. The molecule has 0 atom stereocenters. The molecule has 1 aromatic carbocycles. The van der Waals surface area contributed by atoms with Gasteiger partial charge in [-0.3, -0.25) is 4.79 Å². The lowest BCUT2D eigenvalue weighted by atomic mass is 10.1. The average Bonchev–Trinajstić information content (AvgIpc) is 2.34. The van der Waals surface area contributed by atoms with Crippen LogP contribution < -0.4 is 5.73 Å². The zero-order valence-corrected chi connectivity index (χ0v) is 10.7. The van der Waals surface area contributed by atoms with E-state index in [1.165, 1.54) is 5.56 Å². The first-order valence-corrected chi connectivity index (χ1v) is 6.15. The van der Waals surface area contributed by atoms with Crippen LogP contribution in [-0.4, -0.2) is 30.4 Å². The highest BCUT2D eigenvalue weighted by Crippen LogP contribution is 2.04. The van der Waals surface area contributed by atoms with Crippen molar-refractivity contribution in [2.24, 2.45) is 11.7 Å². The molecule has 0 spiro atoms. The summed E-state index contributed by atoms with van der Waals surface area (Å²) in [6.07, 6.45) is 0.888. The molecule has 0 bridgehead atoms. The zero-order valence-electron chi connectivity index (χ0n) is 10.7. The van der Waals surface area contributed by atoms with Crippen LogP contribution in [0.3, 0.4) is 0 Å². The third kappa shape index (κ3) is 5.00. The third-order valence-electron chi connectivity index (χ3n) is 2.63. The maximum Gasteiger partial charge on any atom is 0.236 e. The summed E-state index contributed by atoms with van der Waals surface area (Å²) in [5, 5.41) is 0. The Labute approximate surface area is 104 Å². The number of rotatable bonds is 6. The SMILES string of the molecule is CC(C)CN(CCc1ccccc1)C(=O)CN. The van der Waals surface area contributed by atoms with E-state index >= 15 is 0 Å². The monoisotopic (exact) mass is 234 g/mol. The van der Waals surface area contributed by atoms with Crippen LogP contribution in [0, 0.1) is 5.92 Å². The maximum atomic E-state index is 11.7. The van der Waals surface area contributed by atoms with E-state index in [0.717, 1.165) is 19.5 Å². The van der Waals surface area contributed by atoms with Gasteiger partial charge in [-0.1, -0.05) is 44.2 Å². The first kappa shape index (κ1) is 13.7. The van der Waals surface area contributed by atoms with Gasteiger partial charge in [-0.25, -0.2) is 0 Å². The van der Waals surface area contributed by atoms with Crippen LogP contribution in [0.5, 0.6) is 0 Å². The lowest BCUT2D eigenvalue weighted by Crippen LogP contribution is -2.39. The fraction of sp³-hybridized carbons (Fsp3) is 0.500. The van der Waals surface area contributed by atoms with Gasteiger partial charge in [0.25, 0.3) is 0 Å². The molecule has 1 amide bonds. The Morgan fingerprint density at radius 3 is 2.47 bits per heavy atom. The highest BCUT2D eigenvalue weighted by Gasteiger charge is 2.12. The van der Waals surface area contributed by atoms with Crippen LogP contribution in [0.2, 0.25) is 0 Å². The lowest BCUT2D eigenvalue weighted by molar-refractivity contribution is -0.130. The lowest BCUT2D eigenvalue weighted by Gasteiger charge is -2.24. The van der Waals surface area contributed by atoms with E-state index in [1.807, 2.05) is 23.1 Å². The minimum Gasteiger partial charge on any atom is -0.341 e. The van der Waals surface area contributed by atoms with Crippen molar-refractivity contribution in [2.45, 2.75) is 20.3 Å². The molecule has 0 saturated heterocycles. The number of carbonyl (C=O) groups is 1. The summed E-state index contributed by atoms with van der Waals surface area (Å²) < 4.78 is 0.